The second-order valence-electron chi connectivity index (χ2n) is 5.88. The van der Waals surface area contributed by atoms with Crippen LogP contribution in [0.15, 0.2) is 78.9 Å². The third kappa shape index (κ3) is 6.78. The number of nitrogens with one attached hydrogen (secondary N) is 1. The van der Waals surface area contributed by atoms with Crippen molar-refractivity contribution in [1.29, 1.82) is 0 Å². The van der Waals surface area contributed by atoms with Crippen molar-refractivity contribution in [1.82, 2.24) is 0 Å². The van der Waals surface area contributed by atoms with Crippen LogP contribution in [-0.2, 0) is 4.79 Å². The van der Waals surface area contributed by atoms with Gasteiger partial charge in [-0.05, 0) is 59.7 Å². The Bertz CT molecular complexity index is 972. The van der Waals surface area contributed by atoms with E-state index in [0.29, 0.717) is 5.56 Å². The van der Waals surface area contributed by atoms with Crippen LogP contribution >= 0.6 is 0 Å². The number of hydrogen-bond donors (Lipinski definition) is 2. The molecule has 0 aliphatic rings. The Morgan fingerprint density at radius 3 is 1.97 bits per heavy atom. The first-order valence-electron chi connectivity index (χ1n) is 8.34. The summed E-state index contributed by atoms with van der Waals surface area (Å²) >= 11 is 0. The molecule has 0 atom stereocenters. The number of halogens is 3. The van der Waals surface area contributed by atoms with E-state index in [9.17, 15) is 18.0 Å². The van der Waals surface area contributed by atoms with Gasteiger partial charge >= 0.3 is 6.18 Å². The van der Waals surface area contributed by atoms with Crippen LogP contribution in [0.2, 0.25) is 0 Å². The molecule has 0 aromatic heterocycles. The van der Waals surface area contributed by atoms with Gasteiger partial charge in [-0.1, -0.05) is 30.3 Å². The van der Waals surface area contributed by atoms with E-state index in [1.807, 2.05) is 66.7 Å². The fourth-order valence-corrected chi connectivity index (χ4v) is 2.27. The lowest BCUT2D eigenvalue weighted by molar-refractivity contribution is -0.344. The molecule has 0 radical (unpaired) electrons. The van der Waals surface area contributed by atoms with Crippen LogP contribution in [0.4, 0.5) is 24.5 Å². The van der Waals surface area contributed by atoms with Crippen molar-refractivity contribution < 1.29 is 33.6 Å². The first-order chi connectivity index (χ1) is 13.7. The highest BCUT2D eigenvalue weighted by molar-refractivity contribution is 6.04. The van der Waals surface area contributed by atoms with E-state index < -0.39 is 12.1 Å². The van der Waals surface area contributed by atoms with Gasteiger partial charge in [-0.25, -0.2) is 0 Å². The topological polar surface area (TPSA) is 96.9 Å². The van der Waals surface area contributed by atoms with Crippen LogP contribution in [-0.4, -0.2) is 18.1 Å². The molecule has 0 saturated carbocycles. The average Bonchev–Trinajstić information content (AvgIpc) is 2.69. The Kier molecular flexibility index (Phi) is 7.10. The van der Waals surface area contributed by atoms with E-state index in [1.165, 1.54) is 0 Å². The highest BCUT2D eigenvalue weighted by Crippen LogP contribution is 2.23. The Balaban J connectivity index is 0.000000370. The number of carbonyl (C=O) groups excluding carboxylic acids is 2. The highest BCUT2D eigenvalue weighted by Gasteiger charge is 2.28. The number of hydrogen-bond acceptors (Lipinski definition) is 3. The molecular weight excluding hydrogens is 385 g/mol. The number of quaternary nitrogens is 1. The summed E-state index contributed by atoms with van der Waals surface area (Å²) in [5.74, 6) is -3.11. The second kappa shape index (κ2) is 9.52. The van der Waals surface area contributed by atoms with Gasteiger partial charge in [-0.3, -0.25) is 4.79 Å². The van der Waals surface area contributed by atoms with Gasteiger partial charge in [0.1, 0.15) is 11.7 Å². The van der Waals surface area contributed by atoms with Gasteiger partial charge in [0.15, 0.2) is 0 Å². The maximum atomic E-state index is 12.2. The Labute approximate surface area is 164 Å². The van der Waals surface area contributed by atoms with Gasteiger partial charge in [-0.2, -0.15) is 13.2 Å². The molecule has 0 aliphatic carbocycles. The monoisotopic (exact) mass is 402 g/mol. The summed E-state index contributed by atoms with van der Waals surface area (Å²) < 4.78 is 31.5. The molecule has 8 heteroatoms. The molecular formula is C21H17F3N2O3. The molecule has 0 heterocycles. The molecule has 29 heavy (non-hydrogen) atoms. The highest BCUT2D eigenvalue weighted by atomic mass is 19.4. The minimum atomic E-state index is -5.19. The summed E-state index contributed by atoms with van der Waals surface area (Å²) in [4.78, 5) is 21.0. The predicted molar refractivity (Wildman–Crippen MR) is 99.9 cm³/mol. The van der Waals surface area contributed by atoms with E-state index >= 15 is 0 Å². The second-order valence-corrected chi connectivity index (χ2v) is 5.88. The number of amides is 1. The molecule has 5 nitrogen and oxygen atoms in total. The summed E-state index contributed by atoms with van der Waals surface area (Å²) in [5.41, 5.74) is 8.46. The molecule has 1 amide bonds. The molecule has 0 saturated heterocycles. The van der Waals surface area contributed by atoms with E-state index in [0.717, 1.165) is 22.5 Å². The smallest absolute Gasteiger partial charge is 0.430 e. The van der Waals surface area contributed by atoms with E-state index in [4.69, 9.17) is 9.90 Å². The van der Waals surface area contributed by atoms with Crippen LogP contribution in [0.1, 0.15) is 10.4 Å². The average molecular weight is 402 g/mol. The Morgan fingerprint density at radius 2 is 1.41 bits per heavy atom. The van der Waals surface area contributed by atoms with Gasteiger partial charge in [0, 0.05) is 11.3 Å². The minimum absolute atomic E-state index is 0.106. The number of carboxylic acids is 1. The normalized spacial score (nSPS) is 10.5. The number of alkyl halides is 3. The van der Waals surface area contributed by atoms with Crippen molar-refractivity contribution in [3.63, 3.8) is 0 Å². The fraction of sp³-hybridized carbons (Fsp3) is 0.0476. The van der Waals surface area contributed by atoms with Gasteiger partial charge in [0.25, 0.3) is 5.91 Å². The van der Waals surface area contributed by atoms with E-state index in [-0.39, 0.29) is 5.91 Å². The predicted octanol–water partition coefficient (Wildman–Crippen LogP) is 2.78. The summed E-state index contributed by atoms with van der Waals surface area (Å²) in [6.07, 6.45) is -5.19. The van der Waals surface area contributed by atoms with Crippen molar-refractivity contribution in [3.8, 4) is 11.1 Å². The van der Waals surface area contributed by atoms with Crippen LogP contribution < -0.4 is 16.2 Å². The summed E-state index contributed by atoms with van der Waals surface area (Å²) in [6, 6.07) is 25.0. The molecule has 3 aromatic carbocycles. The quantitative estimate of drug-likeness (QED) is 0.705. The van der Waals surface area contributed by atoms with E-state index in [2.05, 4.69) is 11.1 Å². The zero-order valence-corrected chi connectivity index (χ0v) is 15.1. The molecule has 0 fully saturated rings. The summed E-state index contributed by atoms with van der Waals surface area (Å²) in [6.45, 7) is 0. The third-order valence-electron chi connectivity index (χ3n) is 3.68. The Hall–Kier alpha value is -3.65. The zero-order chi connectivity index (χ0) is 21.4. The van der Waals surface area contributed by atoms with Crippen molar-refractivity contribution in [2.24, 2.45) is 0 Å². The molecule has 0 unspecified atom stereocenters. The number of aliphatic carboxylic acids is 1. The molecule has 3 rings (SSSR count). The molecule has 0 spiro atoms. The third-order valence-corrected chi connectivity index (χ3v) is 3.68. The standard InChI is InChI=1S/C19H16N2O.C2HF3O2/c20-17-11-9-14(10-12-17)16-7-4-8-18(13-16)21-19(22)15-5-2-1-3-6-15;3-2(4,5)1(6)7/h1-13H,20H2,(H,21,22);(H,6,7). The molecule has 150 valence electrons. The lowest BCUT2D eigenvalue weighted by Gasteiger charge is -2.08. The van der Waals surface area contributed by atoms with Gasteiger partial charge in [-0.15, -0.1) is 0 Å². The van der Waals surface area contributed by atoms with Crippen LogP contribution in [0.3, 0.4) is 0 Å². The minimum Gasteiger partial charge on any atom is -0.542 e. The van der Waals surface area contributed by atoms with Crippen molar-refractivity contribution in [2.45, 2.75) is 6.18 Å². The number of anilines is 1. The van der Waals surface area contributed by atoms with Crippen molar-refractivity contribution in [2.75, 3.05) is 5.32 Å². The molecule has 4 N–H and O–H groups in total. The number of benzene rings is 3. The number of carbonyl (C=O) groups is 2. The molecule has 0 bridgehead atoms. The first kappa shape index (κ1) is 21.6. The maximum Gasteiger partial charge on any atom is 0.430 e. The lowest BCUT2D eigenvalue weighted by atomic mass is 10.0. The van der Waals surface area contributed by atoms with Crippen LogP contribution in [0.5, 0.6) is 0 Å². The number of carboxylic acid groups (broad SMARTS) is 1. The summed E-state index contributed by atoms with van der Waals surface area (Å²) in [7, 11) is 0. The van der Waals surface area contributed by atoms with Crippen LogP contribution in [0, 0.1) is 0 Å². The first-order valence-corrected chi connectivity index (χ1v) is 8.34. The van der Waals surface area contributed by atoms with Gasteiger partial charge < -0.3 is 21.0 Å². The van der Waals surface area contributed by atoms with Crippen molar-refractivity contribution in [3.05, 3.63) is 84.4 Å². The van der Waals surface area contributed by atoms with Crippen LogP contribution in [0.25, 0.3) is 11.1 Å². The van der Waals surface area contributed by atoms with Gasteiger partial charge in [0.2, 0.25) is 0 Å². The number of rotatable bonds is 3. The van der Waals surface area contributed by atoms with E-state index in [1.54, 1.807) is 12.1 Å². The maximum absolute atomic E-state index is 12.2. The SMILES string of the molecule is O=C([O-])C(F)(F)F.[NH3+]c1ccc(-c2cccc(NC(=O)c3ccccc3)c2)cc1. The van der Waals surface area contributed by atoms with Gasteiger partial charge in [0.05, 0.1) is 0 Å². The largest absolute Gasteiger partial charge is 0.542 e. The molecule has 0 aliphatic heterocycles. The summed E-state index contributed by atoms with van der Waals surface area (Å²) in [5, 5.41) is 11.7. The lowest BCUT2D eigenvalue weighted by Crippen LogP contribution is -2.39. The Morgan fingerprint density at radius 1 is 0.828 bits per heavy atom. The fourth-order valence-electron chi connectivity index (χ4n) is 2.27. The van der Waals surface area contributed by atoms with Crippen molar-refractivity contribution >= 4 is 23.3 Å². The molecule has 3 aromatic rings. The zero-order valence-electron chi connectivity index (χ0n) is 15.1.